The molecule has 1 N–H and O–H groups in total. The van der Waals surface area contributed by atoms with Crippen LogP contribution < -0.4 is 5.32 Å². The van der Waals surface area contributed by atoms with E-state index >= 15 is 0 Å². The Hall–Kier alpha value is -1.54. The summed E-state index contributed by atoms with van der Waals surface area (Å²) in [6.07, 6.45) is 0. The topological polar surface area (TPSA) is 24.9 Å². The zero-order valence-electron chi connectivity index (χ0n) is 9.29. The highest BCUT2D eigenvalue weighted by atomic mass is 35.5. The van der Waals surface area contributed by atoms with Gasteiger partial charge in [-0.25, -0.2) is 4.98 Å². The van der Waals surface area contributed by atoms with Gasteiger partial charge in [-0.1, -0.05) is 29.8 Å². The first kappa shape index (κ1) is 11.0. The lowest BCUT2D eigenvalue weighted by atomic mass is 10.1. The molecule has 0 radical (unpaired) electrons. The lowest BCUT2D eigenvalue weighted by Crippen LogP contribution is -1.96. The first-order valence-electron chi connectivity index (χ1n) is 5.12. The Balaban J connectivity index is 2.31. The Morgan fingerprint density at radius 2 is 1.81 bits per heavy atom. The molecule has 0 aliphatic heterocycles. The van der Waals surface area contributed by atoms with Gasteiger partial charge in [0.15, 0.2) is 0 Å². The maximum atomic E-state index is 5.83. The molecular formula is C13H13ClN2. The van der Waals surface area contributed by atoms with Gasteiger partial charge in [-0.15, -0.1) is 0 Å². The second-order valence-electron chi connectivity index (χ2n) is 3.72. The quantitative estimate of drug-likeness (QED) is 0.789. The van der Waals surface area contributed by atoms with Gasteiger partial charge >= 0.3 is 0 Å². The molecule has 0 spiro atoms. The molecule has 0 bridgehead atoms. The Kier molecular flexibility index (Phi) is 3.11. The van der Waals surface area contributed by atoms with E-state index in [1.54, 1.807) is 6.07 Å². The predicted octanol–water partition coefficient (Wildman–Crippen LogP) is 4.10. The van der Waals surface area contributed by atoms with Crippen molar-refractivity contribution in [2.45, 2.75) is 13.8 Å². The summed E-state index contributed by atoms with van der Waals surface area (Å²) in [6.45, 7) is 4.17. The Morgan fingerprint density at radius 3 is 2.56 bits per heavy atom. The smallest absolute Gasteiger partial charge is 0.132 e. The highest BCUT2D eigenvalue weighted by Gasteiger charge is 2.01. The maximum Gasteiger partial charge on any atom is 0.132 e. The summed E-state index contributed by atoms with van der Waals surface area (Å²) in [5, 5.41) is 3.75. The SMILES string of the molecule is Cc1cccc(Nc2cccc(Cl)n2)c1C. The molecule has 1 aromatic carbocycles. The second kappa shape index (κ2) is 4.54. The molecule has 0 amide bonds. The second-order valence-corrected chi connectivity index (χ2v) is 4.11. The minimum atomic E-state index is 0.496. The van der Waals surface area contributed by atoms with Gasteiger partial charge in [-0.05, 0) is 43.2 Å². The number of hydrogen-bond acceptors (Lipinski definition) is 2. The van der Waals surface area contributed by atoms with Crippen molar-refractivity contribution in [2.24, 2.45) is 0 Å². The minimum absolute atomic E-state index is 0.496. The first-order chi connectivity index (χ1) is 7.66. The highest BCUT2D eigenvalue weighted by molar-refractivity contribution is 6.29. The van der Waals surface area contributed by atoms with E-state index in [9.17, 15) is 0 Å². The monoisotopic (exact) mass is 232 g/mol. The lowest BCUT2D eigenvalue weighted by Gasteiger charge is -2.10. The number of hydrogen-bond donors (Lipinski definition) is 1. The summed E-state index contributed by atoms with van der Waals surface area (Å²) in [5.41, 5.74) is 3.55. The van der Waals surface area contributed by atoms with E-state index in [0.29, 0.717) is 5.15 Å². The van der Waals surface area contributed by atoms with Crippen LogP contribution in [0.3, 0.4) is 0 Å². The largest absolute Gasteiger partial charge is 0.340 e. The van der Waals surface area contributed by atoms with Crippen molar-refractivity contribution in [1.29, 1.82) is 0 Å². The molecule has 0 aliphatic rings. The number of nitrogens with one attached hydrogen (secondary N) is 1. The fraction of sp³-hybridized carbons (Fsp3) is 0.154. The zero-order valence-corrected chi connectivity index (χ0v) is 10.0. The van der Waals surface area contributed by atoms with Gasteiger partial charge in [-0.2, -0.15) is 0 Å². The number of aromatic nitrogens is 1. The molecule has 0 saturated carbocycles. The van der Waals surface area contributed by atoms with E-state index in [-0.39, 0.29) is 0 Å². The molecular weight excluding hydrogens is 220 g/mol. The first-order valence-corrected chi connectivity index (χ1v) is 5.50. The summed E-state index contributed by atoms with van der Waals surface area (Å²) in [7, 11) is 0. The van der Waals surface area contributed by atoms with Crippen molar-refractivity contribution < 1.29 is 0 Å². The van der Waals surface area contributed by atoms with Crippen LogP contribution in [0.2, 0.25) is 5.15 Å². The standard InChI is InChI=1S/C13H13ClN2/c1-9-5-3-6-11(10(9)2)15-13-8-4-7-12(14)16-13/h3-8H,1-2H3,(H,15,16). The van der Waals surface area contributed by atoms with Crippen molar-refractivity contribution in [1.82, 2.24) is 4.98 Å². The number of aryl methyl sites for hydroxylation is 1. The van der Waals surface area contributed by atoms with Crippen LogP contribution in [-0.2, 0) is 0 Å². The predicted molar refractivity (Wildman–Crippen MR) is 68.4 cm³/mol. The molecule has 16 heavy (non-hydrogen) atoms. The van der Waals surface area contributed by atoms with Crippen molar-refractivity contribution in [3.63, 3.8) is 0 Å². The Morgan fingerprint density at radius 1 is 1.06 bits per heavy atom. The molecule has 1 aromatic heterocycles. The van der Waals surface area contributed by atoms with Gasteiger partial charge in [0, 0.05) is 5.69 Å². The molecule has 0 aliphatic carbocycles. The van der Waals surface area contributed by atoms with Crippen LogP contribution in [0.1, 0.15) is 11.1 Å². The summed E-state index contributed by atoms with van der Waals surface area (Å²) >= 11 is 5.83. The summed E-state index contributed by atoms with van der Waals surface area (Å²) in [6, 6.07) is 11.7. The van der Waals surface area contributed by atoms with Gasteiger partial charge in [0.2, 0.25) is 0 Å². The van der Waals surface area contributed by atoms with Gasteiger partial charge in [-0.3, -0.25) is 0 Å². The Labute approximate surface area is 100 Å². The van der Waals surface area contributed by atoms with E-state index in [0.717, 1.165) is 11.5 Å². The summed E-state index contributed by atoms with van der Waals surface area (Å²) in [5.74, 6) is 0.765. The molecule has 2 rings (SSSR count). The average molecular weight is 233 g/mol. The number of rotatable bonds is 2. The van der Waals surface area contributed by atoms with E-state index in [1.807, 2.05) is 24.3 Å². The molecule has 1 heterocycles. The van der Waals surface area contributed by atoms with E-state index in [1.165, 1.54) is 11.1 Å². The van der Waals surface area contributed by atoms with Gasteiger partial charge in [0.25, 0.3) is 0 Å². The highest BCUT2D eigenvalue weighted by Crippen LogP contribution is 2.22. The molecule has 2 nitrogen and oxygen atoms in total. The van der Waals surface area contributed by atoms with E-state index in [4.69, 9.17) is 11.6 Å². The van der Waals surface area contributed by atoms with E-state index in [2.05, 4.69) is 30.2 Å². The molecule has 3 heteroatoms. The third kappa shape index (κ3) is 2.34. The number of nitrogens with zero attached hydrogens (tertiary/aromatic N) is 1. The van der Waals surface area contributed by atoms with Crippen LogP contribution in [0.5, 0.6) is 0 Å². The third-order valence-electron chi connectivity index (χ3n) is 2.58. The molecule has 0 unspecified atom stereocenters. The van der Waals surface area contributed by atoms with Gasteiger partial charge in [0.1, 0.15) is 11.0 Å². The molecule has 2 aromatic rings. The van der Waals surface area contributed by atoms with Crippen LogP contribution in [0.15, 0.2) is 36.4 Å². The fourth-order valence-corrected chi connectivity index (χ4v) is 1.67. The van der Waals surface area contributed by atoms with Gasteiger partial charge in [0.05, 0.1) is 0 Å². The normalized spacial score (nSPS) is 10.2. The van der Waals surface area contributed by atoms with Crippen LogP contribution in [0.25, 0.3) is 0 Å². The van der Waals surface area contributed by atoms with Crippen LogP contribution in [0.4, 0.5) is 11.5 Å². The molecule has 0 atom stereocenters. The summed E-state index contributed by atoms with van der Waals surface area (Å²) < 4.78 is 0. The van der Waals surface area contributed by atoms with Gasteiger partial charge < -0.3 is 5.32 Å². The van der Waals surface area contributed by atoms with E-state index < -0.39 is 0 Å². The number of pyridine rings is 1. The minimum Gasteiger partial charge on any atom is -0.340 e. The maximum absolute atomic E-state index is 5.83. The molecule has 82 valence electrons. The van der Waals surface area contributed by atoms with Crippen LogP contribution in [-0.4, -0.2) is 4.98 Å². The number of benzene rings is 1. The van der Waals surface area contributed by atoms with Crippen LogP contribution in [0, 0.1) is 13.8 Å². The average Bonchev–Trinajstić information content (AvgIpc) is 2.25. The van der Waals surface area contributed by atoms with Crippen LogP contribution >= 0.6 is 11.6 Å². The number of anilines is 2. The third-order valence-corrected chi connectivity index (χ3v) is 2.79. The Bertz CT molecular complexity index is 509. The fourth-order valence-electron chi connectivity index (χ4n) is 1.50. The molecule has 0 saturated heterocycles. The lowest BCUT2D eigenvalue weighted by molar-refractivity contribution is 1.28. The number of halogens is 1. The van der Waals surface area contributed by atoms with Crippen molar-refractivity contribution >= 4 is 23.1 Å². The van der Waals surface area contributed by atoms with Crippen molar-refractivity contribution in [3.05, 3.63) is 52.7 Å². The van der Waals surface area contributed by atoms with Crippen molar-refractivity contribution in [3.8, 4) is 0 Å². The zero-order chi connectivity index (χ0) is 11.5. The molecule has 0 fully saturated rings. The van der Waals surface area contributed by atoms with Crippen molar-refractivity contribution in [2.75, 3.05) is 5.32 Å². The summed E-state index contributed by atoms with van der Waals surface area (Å²) in [4.78, 5) is 4.19.